The zero-order chi connectivity index (χ0) is 12.3. The number of Topliss-reactive ketones (excluding diaryl/α,β-unsaturated/α-hetero) is 1. The Balaban J connectivity index is 1.65. The molecule has 0 radical (unpaired) electrons. The van der Waals surface area contributed by atoms with Crippen molar-refractivity contribution in [3.63, 3.8) is 0 Å². The van der Waals surface area contributed by atoms with Crippen LogP contribution >= 0.6 is 0 Å². The zero-order valence-corrected chi connectivity index (χ0v) is 10.9. The first-order chi connectivity index (χ1) is 8.70. The predicted molar refractivity (Wildman–Crippen MR) is 67.4 cm³/mol. The molecule has 0 N–H and O–H groups in total. The van der Waals surface area contributed by atoms with Gasteiger partial charge >= 0.3 is 0 Å². The van der Waals surface area contributed by atoms with Gasteiger partial charge in [-0.1, -0.05) is 0 Å². The lowest BCUT2D eigenvalue weighted by Crippen LogP contribution is -2.51. The van der Waals surface area contributed by atoms with Crippen LogP contribution in [0.1, 0.15) is 51.4 Å². The van der Waals surface area contributed by atoms with Gasteiger partial charge in [-0.05, 0) is 74.5 Å². The molecule has 0 aromatic carbocycles. The van der Waals surface area contributed by atoms with Crippen LogP contribution in [-0.4, -0.2) is 5.78 Å². The summed E-state index contributed by atoms with van der Waals surface area (Å²) < 4.78 is 0. The van der Waals surface area contributed by atoms with Gasteiger partial charge in [-0.15, -0.1) is 0 Å². The number of carbonyl (C=O) groups excluding carboxylic acids is 1. The third kappa shape index (κ3) is 1.49. The normalized spacial score (nSPS) is 46.7. The highest BCUT2D eigenvalue weighted by molar-refractivity contribution is 5.88. The summed E-state index contributed by atoms with van der Waals surface area (Å²) in [5.41, 5.74) is 0.100. The average Bonchev–Trinajstić information content (AvgIpc) is 3.10. The highest BCUT2D eigenvalue weighted by atomic mass is 16.1. The molecule has 1 unspecified atom stereocenters. The number of hydrogen-bond acceptors (Lipinski definition) is 2. The summed E-state index contributed by atoms with van der Waals surface area (Å²) in [5, 5.41) is 9.56. The Morgan fingerprint density at radius 1 is 1.06 bits per heavy atom. The van der Waals surface area contributed by atoms with E-state index in [1.165, 1.54) is 38.5 Å². The van der Waals surface area contributed by atoms with E-state index in [9.17, 15) is 10.1 Å². The van der Waals surface area contributed by atoms with Crippen molar-refractivity contribution in [2.24, 2.45) is 35.0 Å². The van der Waals surface area contributed by atoms with Crippen molar-refractivity contribution in [2.45, 2.75) is 51.4 Å². The van der Waals surface area contributed by atoms with Gasteiger partial charge in [-0.2, -0.15) is 5.26 Å². The molecule has 0 aromatic rings. The van der Waals surface area contributed by atoms with E-state index in [-0.39, 0.29) is 17.3 Å². The summed E-state index contributed by atoms with van der Waals surface area (Å²) in [7, 11) is 0. The molecule has 5 aliphatic carbocycles. The summed E-state index contributed by atoms with van der Waals surface area (Å²) in [6.45, 7) is 0. The molecule has 96 valence electrons. The van der Waals surface area contributed by atoms with E-state index < -0.39 is 0 Å². The minimum Gasteiger partial charge on any atom is -0.298 e. The minimum atomic E-state index is -0.265. The van der Waals surface area contributed by atoms with Crippen molar-refractivity contribution in [1.82, 2.24) is 0 Å². The summed E-state index contributed by atoms with van der Waals surface area (Å²) in [5.74, 6) is 2.79. The maximum Gasteiger partial charge on any atom is 0.153 e. The first-order valence-electron chi connectivity index (χ1n) is 7.63. The molecule has 0 saturated heterocycles. The van der Waals surface area contributed by atoms with E-state index in [1.807, 2.05) is 0 Å². The maximum absolute atomic E-state index is 12.4. The van der Waals surface area contributed by atoms with Gasteiger partial charge in [-0.3, -0.25) is 4.79 Å². The topological polar surface area (TPSA) is 40.9 Å². The van der Waals surface area contributed by atoms with E-state index in [1.54, 1.807) is 0 Å². The third-order valence-electron chi connectivity index (χ3n) is 6.09. The first-order valence-corrected chi connectivity index (χ1v) is 7.63. The highest BCUT2D eigenvalue weighted by Crippen LogP contribution is 2.63. The van der Waals surface area contributed by atoms with Gasteiger partial charge in [0.2, 0.25) is 0 Å². The molecule has 4 bridgehead atoms. The molecule has 0 amide bonds. The molecule has 18 heavy (non-hydrogen) atoms. The smallest absolute Gasteiger partial charge is 0.153 e. The minimum absolute atomic E-state index is 0.100. The second kappa shape index (κ2) is 3.59. The Hall–Kier alpha value is -0.840. The molecule has 5 saturated carbocycles. The van der Waals surface area contributed by atoms with Crippen molar-refractivity contribution < 1.29 is 4.79 Å². The van der Waals surface area contributed by atoms with Crippen molar-refractivity contribution in [3.05, 3.63) is 0 Å². The van der Waals surface area contributed by atoms with Gasteiger partial charge in [-0.25, -0.2) is 0 Å². The van der Waals surface area contributed by atoms with Crippen molar-refractivity contribution in [1.29, 1.82) is 5.26 Å². The second-order valence-corrected chi connectivity index (χ2v) is 7.52. The van der Waals surface area contributed by atoms with Gasteiger partial charge in [0.15, 0.2) is 5.78 Å². The van der Waals surface area contributed by atoms with Crippen LogP contribution < -0.4 is 0 Å². The highest BCUT2D eigenvalue weighted by Gasteiger charge is 2.57. The van der Waals surface area contributed by atoms with Gasteiger partial charge in [0.25, 0.3) is 0 Å². The summed E-state index contributed by atoms with van der Waals surface area (Å²) in [4.78, 5) is 12.4. The van der Waals surface area contributed by atoms with Crippen molar-refractivity contribution in [2.75, 3.05) is 0 Å². The Bertz CT molecular complexity index is 394. The average molecular weight is 243 g/mol. The predicted octanol–water partition coefficient (Wildman–Crippen LogP) is 3.32. The number of hydrogen-bond donors (Lipinski definition) is 0. The summed E-state index contributed by atoms with van der Waals surface area (Å²) in [6.07, 6.45) is 9.77. The summed E-state index contributed by atoms with van der Waals surface area (Å²) in [6, 6.07) is 2.43. The quantitative estimate of drug-likeness (QED) is 0.763. The van der Waals surface area contributed by atoms with Crippen LogP contribution in [0.3, 0.4) is 0 Å². The van der Waals surface area contributed by atoms with Crippen LogP contribution in [0.15, 0.2) is 0 Å². The Morgan fingerprint density at radius 3 is 1.94 bits per heavy atom. The van der Waals surface area contributed by atoms with E-state index in [0.717, 1.165) is 30.6 Å². The fraction of sp³-hybridized carbons (Fsp3) is 0.875. The third-order valence-corrected chi connectivity index (χ3v) is 6.09. The van der Waals surface area contributed by atoms with Gasteiger partial charge in [0, 0.05) is 5.92 Å². The van der Waals surface area contributed by atoms with Crippen LogP contribution in [0.4, 0.5) is 0 Å². The lowest BCUT2D eigenvalue weighted by Gasteiger charge is -2.58. The fourth-order valence-corrected chi connectivity index (χ4v) is 5.64. The molecule has 5 aliphatic rings. The zero-order valence-electron chi connectivity index (χ0n) is 10.9. The Labute approximate surface area is 109 Å². The van der Waals surface area contributed by atoms with Crippen LogP contribution in [0.25, 0.3) is 0 Å². The molecule has 2 nitrogen and oxygen atoms in total. The van der Waals surface area contributed by atoms with Gasteiger partial charge < -0.3 is 0 Å². The van der Waals surface area contributed by atoms with Gasteiger partial charge in [0.1, 0.15) is 5.92 Å². The number of nitrogens with zero attached hydrogens (tertiary/aromatic N) is 1. The lowest BCUT2D eigenvalue weighted by molar-refractivity contribution is -0.135. The van der Waals surface area contributed by atoms with Gasteiger partial charge in [0.05, 0.1) is 6.07 Å². The second-order valence-electron chi connectivity index (χ2n) is 7.52. The summed E-state index contributed by atoms with van der Waals surface area (Å²) >= 11 is 0. The van der Waals surface area contributed by atoms with E-state index in [0.29, 0.717) is 5.78 Å². The largest absolute Gasteiger partial charge is 0.298 e. The van der Waals surface area contributed by atoms with E-state index in [2.05, 4.69) is 6.07 Å². The number of rotatable bonds is 3. The van der Waals surface area contributed by atoms with Crippen molar-refractivity contribution >= 4 is 5.78 Å². The molecule has 5 fully saturated rings. The number of ketones is 1. The molecular formula is C16H21NO. The number of nitriles is 1. The van der Waals surface area contributed by atoms with Crippen molar-refractivity contribution in [3.8, 4) is 6.07 Å². The van der Waals surface area contributed by atoms with Crippen LogP contribution in [0.2, 0.25) is 0 Å². The van der Waals surface area contributed by atoms with Crippen LogP contribution in [-0.2, 0) is 4.79 Å². The number of carbonyl (C=O) groups is 1. The SMILES string of the molecule is N#CC(C(=O)C1CC1)C12CC3CC(CC(C3)C1)C2. The van der Waals surface area contributed by atoms with Crippen LogP contribution in [0, 0.1) is 46.3 Å². The van der Waals surface area contributed by atoms with Crippen LogP contribution in [0.5, 0.6) is 0 Å². The molecule has 2 heteroatoms. The fourth-order valence-electron chi connectivity index (χ4n) is 5.64. The van der Waals surface area contributed by atoms with E-state index >= 15 is 0 Å². The Morgan fingerprint density at radius 2 is 1.56 bits per heavy atom. The molecule has 1 atom stereocenters. The molecule has 0 aromatic heterocycles. The molecule has 0 heterocycles. The van der Waals surface area contributed by atoms with E-state index in [4.69, 9.17) is 0 Å². The molecular weight excluding hydrogens is 222 g/mol. The lowest BCUT2D eigenvalue weighted by atomic mass is 9.46. The maximum atomic E-state index is 12.4. The molecule has 0 aliphatic heterocycles. The molecule has 0 spiro atoms. The standard InChI is InChI=1S/C16H21NO/c17-9-14(15(18)13-1-2-13)16-6-10-3-11(7-16)5-12(4-10)8-16/h10-14H,1-8H2. The molecule has 5 rings (SSSR count). The first kappa shape index (κ1) is 11.0. The Kier molecular flexibility index (Phi) is 2.20. The monoisotopic (exact) mass is 243 g/mol.